The number of imidazole rings is 1. The van der Waals surface area contributed by atoms with Gasteiger partial charge in [-0.3, -0.25) is 9.36 Å². The Bertz CT molecular complexity index is 1140. The second-order valence-electron chi connectivity index (χ2n) is 7.27. The Balaban J connectivity index is 2.07. The number of nitrogens with zero attached hydrogens (tertiary/aromatic N) is 4. The number of aryl methyl sites for hydroxylation is 2. The molecule has 7 nitrogen and oxygen atoms in total. The molecule has 2 aromatic heterocycles. The van der Waals surface area contributed by atoms with Gasteiger partial charge >= 0.3 is 5.69 Å². The van der Waals surface area contributed by atoms with Crippen LogP contribution in [0.25, 0.3) is 16.9 Å². The van der Waals surface area contributed by atoms with Crippen LogP contribution in [-0.2, 0) is 17.8 Å². The van der Waals surface area contributed by atoms with E-state index in [1.165, 1.54) is 4.57 Å². The third kappa shape index (κ3) is 2.92. The first-order valence-corrected chi connectivity index (χ1v) is 9.52. The average molecular weight is 380 g/mol. The zero-order valence-electron chi connectivity index (χ0n) is 16.2. The average Bonchev–Trinajstić information content (AvgIpc) is 3.31. The predicted molar refractivity (Wildman–Crippen MR) is 108 cm³/mol. The standard InChI is InChI=1S/C21H24N4O3/c1-4-10-23-13-22-19-18(23)20(26)24(12-16-9-6-11-28-16)21(27)25(19)17-14(2)7-5-8-15(17)3/h4-5,7-8,13,16H,1,6,9-12H2,2-3H3/t16-/m1/s1. The van der Waals surface area contributed by atoms with Crippen LogP contribution >= 0.6 is 0 Å². The van der Waals surface area contributed by atoms with Gasteiger partial charge in [-0.1, -0.05) is 24.3 Å². The first kappa shape index (κ1) is 18.4. The number of hydrogen-bond donors (Lipinski definition) is 0. The zero-order valence-corrected chi connectivity index (χ0v) is 16.2. The fraction of sp³-hybridized carbons (Fsp3) is 0.381. The number of hydrogen-bond acceptors (Lipinski definition) is 4. The molecular formula is C21H24N4O3. The Kier molecular flexibility index (Phi) is 4.77. The second kappa shape index (κ2) is 7.24. The van der Waals surface area contributed by atoms with Gasteiger partial charge in [0.1, 0.15) is 0 Å². The fourth-order valence-electron chi connectivity index (χ4n) is 3.97. The Morgan fingerprint density at radius 1 is 1.29 bits per heavy atom. The number of fused-ring (bicyclic) bond motifs is 1. The number of rotatable bonds is 5. The summed E-state index contributed by atoms with van der Waals surface area (Å²) in [4.78, 5) is 31.1. The molecule has 1 aliphatic heterocycles. The summed E-state index contributed by atoms with van der Waals surface area (Å²) in [6.07, 6.45) is 4.97. The molecule has 0 radical (unpaired) electrons. The highest BCUT2D eigenvalue weighted by Crippen LogP contribution is 2.21. The van der Waals surface area contributed by atoms with E-state index in [2.05, 4.69) is 11.6 Å². The summed E-state index contributed by atoms with van der Waals surface area (Å²) in [6, 6.07) is 5.86. The topological polar surface area (TPSA) is 71.1 Å². The van der Waals surface area contributed by atoms with Gasteiger partial charge in [-0.05, 0) is 37.8 Å². The quantitative estimate of drug-likeness (QED) is 0.637. The van der Waals surface area contributed by atoms with Crippen molar-refractivity contribution < 1.29 is 4.74 Å². The summed E-state index contributed by atoms with van der Waals surface area (Å²) in [6.45, 7) is 9.03. The molecule has 0 amide bonds. The molecule has 7 heteroatoms. The maximum atomic E-state index is 13.5. The van der Waals surface area contributed by atoms with Gasteiger partial charge in [0.2, 0.25) is 0 Å². The molecule has 3 heterocycles. The van der Waals surface area contributed by atoms with Crippen LogP contribution in [0.3, 0.4) is 0 Å². The Hall–Kier alpha value is -2.93. The molecule has 0 N–H and O–H groups in total. The minimum atomic E-state index is -0.380. The molecule has 3 aromatic rings. The van der Waals surface area contributed by atoms with Crippen LogP contribution in [-0.4, -0.2) is 31.4 Å². The minimum absolute atomic E-state index is 0.120. The van der Waals surface area contributed by atoms with Crippen LogP contribution < -0.4 is 11.2 Å². The van der Waals surface area contributed by atoms with Gasteiger partial charge in [0.15, 0.2) is 11.2 Å². The van der Waals surface area contributed by atoms with Crippen molar-refractivity contribution in [2.45, 2.75) is 45.9 Å². The molecule has 0 aliphatic carbocycles. The summed E-state index contributed by atoms with van der Waals surface area (Å²) < 4.78 is 10.3. The number of ether oxygens (including phenoxy) is 1. The normalized spacial score (nSPS) is 16.7. The van der Waals surface area contributed by atoms with Crippen molar-refractivity contribution in [1.82, 2.24) is 18.7 Å². The largest absolute Gasteiger partial charge is 0.376 e. The SMILES string of the molecule is C=CCn1cnc2c1c(=O)n(C[C@H]1CCCO1)c(=O)n2-c1c(C)cccc1C. The second-order valence-corrected chi connectivity index (χ2v) is 7.27. The van der Waals surface area contributed by atoms with E-state index >= 15 is 0 Å². The van der Waals surface area contributed by atoms with E-state index in [1.54, 1.807) is 21.5 Å². The van der Waals surface area contributed by atoms with Gasteiger partial charge < -0.3 is 9.30 Å². The van der Waals surface area contributed by atoms with Gasteiger partial charge in [0.25, 0.3) is 5.56 Å². The summed E-state index contributed by atoms with van der Waals surface area (Å²) >= 11 is 0. The van der Waals surface area contributed by atoms with E-state index in [4.69, 9.17) is 4.74 Å². The lowest BCUT2D eigenvalue weighted by atomic mass is 10.1. The number of para-hydroxylation sites is 1. The molecule has 4 rings (SSSR count). The van der Waals surface area contributed by atoms with E-state index in [-0.39, 0.29) is 23.9 Å². The molecule has 1 fully saturated rings. The monoisotopic (exact) mass is 380 g/mol. The highest BCUT2D eigenvalue weighted by molar-refractivity contribution is 5.73. The van der Waals surface area contributed by atoms with Crippen LogP contribution in [0.4, 0.5) is 0 Å². The molecule has 0 bridgehead atoms. The molecule has 1 aliphatic rings. The molecule has 0 unspecified atom stereocenters. The molecular weight excluding hydrogens is 356 g/mol. The maximum Gasteiger partial charge on any atom is 0.337 e. The summed E-state index contributed by atoms with van der Waals surface area (Å²) in [5.74, 6) is 0. The number of allylic oxidation sites excluding steroid dienone is 1. The van der Waals surface area contributed by atoms with Crippen molar-refractivity contribution in [3.63, 3.8) is 0 Å². The molecule has 146 valence electrons. The van der Waals surface area contributed by atoms with Gasteiger partial charge in [0, 0.05) is 13.2 Å². The van der Waals surface area contributed by atoms with Crippen molar-refractivity contribution in [2.24, 2.45) is 0 Å². The first-order valence-electron chi connectivity index (χ1n) is 9.52. The third-order valence-electron chi connectivity index (χ3n) is 5.30. The molecule has 28 heavy (non-hydrogen) atoms. The van der Waals surface area contributed by atoms with Crippen LogP contribution in [0.1, 0.15) is 24.0 Å². The molecule has 1 aromatic carbocycles. The van der Waals surface area contributed by atoms with Crippen molar-refractivity contribution in [3.8, 4) is 5.69 Å². The van der Waals surface area contributed by atoms with Crippen LogP contribution in [0, 0.1) is 13.8 Å². The molecule has 0 saturated carbocycles. The summed E-state index contributed by atoms with van der Waals surface area (Å²) in [5, 5.41) is 0. The van der Waals surface area contributed by atoms with Crippen molar-refractivity contribution in [1.29, 1.82) is 0 Å². The summed E-state index contributed by atoms with van der Waals surface area (Å²) in [5.41, 5.74) is 2.72. The lowest BCUT2D eigenvalue weighted by Crippen LogP contribution is -2.42. The Morgan fingerprint density at radius 2 is 2.04 bits per heavy atom. The van der Waals surface area contributed by atoms with Gasteiger partial charge in [-0.15, -0.1) is 6.58 Å². The molecule has 0 spiro atoms. The van der Waals surface area contributed by atoms with Gasteiger partial charge in [-0.25, -0.2) is 14.3 Å². The van der Waals surface area contributed by atoms with Crippen LogP contribution in [0.5, 0.6) is 0 Å². The van der Waals surface area contributed by atoms with E-state index in [1.807, 2.05) is 32.0 Å². The minimum Gasteiger partial charge on any atom is -0.376 e. The fourth-order valence-corrected chi connectivity index (χ4v) is 3.97. The highest BCUT2D eigenvalue weighted by Gasteiger charge is 2.24. The number of aromatic nitrogens is 4. The zero-order chi connectivity index (χ0) is 19.8. The highest BCUT2D eigenvalue weighted by atomic mass is 16.5. The van der Waals surface area contributed by atoms with Crippen molar-refractivity contribution >= 4 is 11.2 Å². The lowest BCUT2D eigenvalue weighted by molar-refractivity contribution is 0.0950. The van der Waals surface area contributed by atoms with E-state index in [0.717, 1.165) is 29.7 Å². The van der Waals surface area contributed by atoms with Crippen LogP contribution in [0.15, 0.2) is 46.8 Å². The van der Waals surface area contributed by atoms with Crippen molar-refractivity contribution in [3.05, 3.63) is 69.1 Å². The van der Waals surface area contributed by atoms with Gasteiger partial charge in [0.05, 0.1) is 24.7 Å². The Labute approximate surface area is 162 Å². The van der Waals surface area contributed by atoms with E-state index in [9.17, 15) is 9.59 Å². The van der Waals surface area contributed by atoms with E-state index < -0.39 is 0 Å². The maximum absolute atomic E-state index is 13.5. The smallest absolute Gasteiger partial charge is 0.337 e. The Morgan fingerprint density at radius 3 is 2.68 bits per heavy atom. The molecule has 1 atom stereocenters. The summed E-state index contributed by atoms with van der Waals surface area (Å²) in [7, 11) is 0. The predicted octanol–water partition coefficient (Wildman–Crippen LogP) is 2.33. The van der Waals surface area contributed by atoms with Crippen molar-refractivity contribution in [2.75, 3.05) is 6.61 Å². The first-order chi connectivity index (χ1) is 13.5. The number of benzene rings is 1. The van der Waals surface area contributed by atoms with E-state index in [0.29, 0.717) is 24.3 Å². The van der Waals surface area contributed by atoms with Crippen LogP contribution in [0.2, 0.25) is 0 Å². The lowest BCUT2D eigenvalue weighted by Gasteiger charge is -2.17. The third-order valence-corrected chi connectivity index (χ3v) is 5.30. The van der Waals surface area contributed by atoms with Gasteiger partial charge in [-0.2, -0.15) is 0 Å². The molecule has 1 saturated heterocycles.